The molecule has 294 valence electrons. The van der Waals surface area contributed by atoms with Crippen molar-refractivity contribution in [2.75, 3.05) is 46.5 Å². The van der Waals surface area contributed by atoms with Gasteiger partial charge in [-0.15, -0.1) is 11.8 Å². The molecule has 1 spiro atoms. The van der Waals surface area contributed by atoms with Gasteiger partial charge in [-0.1, -0.05) is 24.3 Å². The molecule has 2 saturated heterocycles. The van der Waals surface area contributed by atoms with Gasteiger partial charge in [-0.2, -0.15) is 0 Å². The number of hydrogen-bond acceptors (Lipinski definition) is 14. The molecular formula is C41H44N4O10S. The van der Waals surface area contributed by atoms with Gasteiger partial charge in [0.05, 0.1) is 36.7 Å². The van der Waals surface area contributed by atoms with E-state index in [1.807, 2.05) is 51.2 Å². The zero-order valence-corrected chi connectivity index (χ0v) is 32.5. The second-order valence-electron chi connectivity index (χ2n) is 16.0. The van der Waals surface area contributed by atoms with Crippen LogP contribution in [-0.4, -0.2) is 106 Å². The van der Waals surface area contributed by atoms with Crippen LogP contribution in [0.1, 0.15) is 68.9 Å². The van der Waals surface area contributed by atoms with Crippen LogP contribution in [-0.2, 0) is 32.7 Å². The summed E-state index contributed by atoms with van der Waals surface area (Å²) >= 11 is 1.48. The molecule has 0 radical (unpaired) electrons. The fourth-order valence-electron chi connectivity index (χ4n) is 10.8. The van der Waals surface area contributed by atoms with Gasteiger partial charge in [0, 0.05) is 70.9 Å². The SMILES string of the molecule is COc1c(C)cc2c(c1O)C1[C@@H]3[C@@H]4SC[C@]5(NC(CO)Cc6c5[nH]c5ccccc65)C(=O)OC[C@@H](c5c6c(c(C)c(OC(C)=O)c54)OCO6)N3C(O)(C2)CN1C. The van der Waals surface area contributed by atoms with Crippen LogP contribution in [0.3, 0.4) is 0 Å². The monoisotopic (exact) mass is 784 g/mol. The summed E-state index contributed by atoms with van der Waals surface area (Å²) in [4.78, 5) is 35.6. The van der Waals surface area contributed by atoms with E-state index in [-0.39, 0.29) is 44.5 Å². The minimum atomic E-state index is -1.52. The summed E-state index contributed by atoms with van der Waals surface area (Å²) < 4.78 is 30.7. The molecule has 14 nitrogen and oxygen atoms in total. The summed E-state index contributed by atoms with van der Waals surface area (Å²) in [6.07, 6.45) is 0.664. The number of likely N-dealkylation sites (N-methyl/N-ethyl adjacent to an activating group) is 1. The molecule has 0 aliphatic carbocycles. The van der Waals surface area contributed by atoms with Gasteiger partial charge in [0.1, 0.15) is 18.1 Å². The van der Waals surface area contributed by atoms with Crippen molar-refractivity contribution in [2.45, 2.75) is 74.3 Å². The standard InChI is InChI=1S/C41H44N4O10S/c1-18-10-21-12-40(50)15-44(4)30(27(21)32(48)33(18)51-5)31-37-29-28(36-35(53-17-54-36)19(2)34(29)55-20(3)47)26(45(31)40)14-52-39(49)41(16-56-37)38-24(11-22(13-46)43-41)23-8-6-7-9-25(23)42-38/h6-10,22,26,30-31,37,42-43,46,48,50H,11-17H2,1-5H3/t22?,26-,30?,31+,37+,40?,41+/m0/s1. The lowest BCUT2D eigenvalue weighted by Crippen LogP contribution is -2.70. The van der Waals surface area contributed by atoms with Crippen LogP contribution in [0.25, 0.3) is 10.9 Å². The molecular weight excluding hydrogens is 741 g/mol. The van der Waals surface area contributed by atoms with E-state index in [1.165, 1.54) is 25.8 Å². The zero-order chi connectivity index (χ0) is 39.0. The van der Waals surface area contributed by atoms with Gasteiger partial charge in [0.2, 0.25) is 6.79 Å². The number of phenolic OH excluding ortho intramolecular Hbond substituents is 1. The van der Waals surface area contributed by atoms with Crippen LogP contribution in [0, 0.1) is 13.8 Å². The quantitative estimate of drug-likeness (QED) is 0.151. The molecule has 15 heteroatoms. The zero-order valence-electron chi connectivity index (χ0n) is 31.7. The number of methoxy groups -OCH3 is 1. The summed E-state index contributed by atoms with van der Waals surface area (Å²) in [5, 5.41) is 39.8. The minimum absolute atomic E-state index is 0.0102. The van der Waals surface area contributed by atoms with Crippen molar-refractivity contribution >= 4 is 34.6 Å². The molecule has 1 aromatic heterocycles. The fourth-order valence-corrected chi connectivity index (χ4v) is 12.5. The third-order valence-corrected chi connectivity index (χ3v) is 14.3. The number of benzene rings is 3. The van der Waals surface area contributed by atoms with Gasteiger partial charge < -0.3 is 44.0 Å². The second kappa shape index (κ2) is 12.5. The van der Waals surface area contributed by atoms with E-state index in [0.717, 1.165) is 27.6 Å². The number of fused-ring (bicyclic) bond motifs is 8. The molecule has 5 N–H and O–H groups in total. The number of aryl methyl sites for hydroxylation is 1. The average Bonchev–Trinajstić information content (AvgIpc) is 3.76. The minimum Gasteiger partial charge on any atom is -0.504 e. The predicted molar refractivity (Wildman–Crippen MR) is 204 cm³/mol. The number of carbonyl (C=O) groups excluding carboxylic acids is 2. The van der Waals surface area contributed by atoms with E-state index < -0.39 is 52.6 Å². The van der Waals surface area contributed by atoms with Crippen molar-refractivity contribution in [3.63, 3.8) is 0 Å². The number of nitrogens with zero attached hydrogens (tertiary/aromatic N) is 2. The Labute approximate surface area is 327 Å². The van der Waals surface area contributed by atoms with Gasteiger partial charge >= 0.3 is 11.9 Å². The molecule has 4 aromatic rings. The molecule has 8 aliphatic heterocycles. The number of aromatic nitrogens is 1. The van der Waals surface area contributed by atoms with Crippen molar-refractivity contribution in [3.05, 3.63) is 75.0 Å². The number of esters is 2. The molecule has 8 aliphatic rings. The Morgan fingerprint density at radius 3 is 2.66 bits per heavy atom. The van der Waals surface area contributed by atoms with Crippen molar-refractivity contribution in [2.24, 2.45) is 0 Å². The van der Waals surface area contributed by atoms with Gasteiger partial charge in [0.25, 0.3) is 0 Å². The molecule has 3 aromatic carbocycles. The second-order valence-corrected chi connectivity index (χ2v) is 17.1. The number of aromatic amines is 1. The Balaban J connectivity index is 1.26. The maximum absolute atomic E-state index is 15.0. The first kappa shape index (κ1) is 35.9. The van der Waals surface area contributed by atoms with E-state index in [1.54, 1.807) is 0 Å². The highest BCUT2D eigenvalue weighted by molar-refractivity contribution is 7.99. The summed E-state index contributed by atoms with van der Waals surface area (Å²) in [5.74, 6) is 0.674. The Bertz CT molecular complexity index is 2370. The van der Waals surface area contributed by atoms with Gasteiger partial charge in [-0.25, -0.2) is 4.79 Å². The first-order valence-corrected chi connectivity index (χ1v) is 20.0. The molecule has 56 heavy (non-hydrogen) atoms. The predicted octanol–water partition coefficient (Wildman–Crippen LogP) is 3.54. The van der Waals surface area contributed by atoms with E-state index in [9.17, 15) is 24.9 Å². The number of aromatic hydroxyl groups is 1. The number of H-pyrrole nitrogens is 1. The lowest BCUT2D eigenvalue weighted by molar-refractivity contribution is -0.215. The Morgan fingerprint density at radius 2 is 1.89 bits per heavy atom. The number of carbonyl (C=O) groups is 2. The van der Waals surface area contributed by atoms with E-state index in [4.69, 9.17) is 23.7 Å². The number of thioether (sulfide) groups is 1. The normalized spacial score (nSPS) is 31.3. The topological polar surface area (TPSA) is 175 Å². The smallest absolute Gasteiger partial charge is 0.333 e. The third-order valence-electron chi connectivity index (χ3n) is 12.8. The van der Waals surface area contributed by atoms with Gasteiger partial charge in [-0.05, 0) is 50.1 Å². The number of ether oxygens (including phenoxy) is 5. The molecule has 0 amide bonds. The molecule has 4 bridgehead atoms. The van der Waals surface area contributed by atoms with E-state index >= 15 is 0 Å². The number of para-hydroxylation sites is 1. The van der Waals surface area contributed by atoms with Crippen molar-refractivity contribution in [3.8, 4) is 28.7 Å². The highest BCUT2D eigenvalue weighted by atomic mass is 32.2. The van der Waals surface area contributed by atoms with Crippen molar-refractivity contribution in [1.82, 2.24) is 20.1 Å². The number of aliphatic hydroxyl groups excluding tert-OH is 1. The first-order chi connectivity index (χ1) is 26.9. The number of nitrogens with one attached hydrogen (secondary N) is 2. The van der Waals surface area contributed by atoms with Crippen LogP contribution < -0.4 is 24.3 Å². The molecule has 4 unspecified atom stereocenters. The number of aliphatic hydroxyl groups is 2. The first-order valence-electron chi connectivity index (χ1n) is 18.9. The number of hydrogen-bond donors (Lipinski definition) is 5. The summed E-state index contributed by atoms with van der Waals surface area (Å²) in [6, 6.07) is 7.51. The van der Waals surface area contributed by atoms with Crippen LogP contribution in [0.4, 0.5) is 0 Å². The molecule has 8 atom stereocenters. The van der Waals surface area contributed by atoms with Gasteiger partial charge in [-0.3, -0.25) is 19.9 Å². The van der Waals surface area contributed by atoms with Gasteiger partial charge in [0.15, 0.2) is 28.5 Å². The van der Waals surface area contributed by atoms with E-state index in [2.05, 4.69) is 20.1 Å². The fraction of sp³-hybridized carbons (Fsp3) is 0.463. The number of rotatable bonds is 3. The summed E-state index contributed by atoms with van der Waals surface area (Å²) in [5.41, 5.74) is 3.60. The van der Waals surface area contributed by atoms with Crippen molar-refractivity contribution in [1.29, 1.82) is 0 Å². The largest absolute Gasteiger partial charge is 0.504 e. The van der Waals surface area contributed by atoms with Crippen molar-refractivity contribution < 1.29 is 48.6 Å². The summed E-state index contributed by atoms with van der Waals surface area (Å²) in [7, 11) is 3.47. The third kappa shape index (κ3) is 4.75. The van der Waals surface area contributed by atoms with Crippen LogP contribution >= 0.6 is 11.8 Å². The average molecular weight is 785 g/mol. The number of piperazine rings is 1. The van der Waals surface area contributed by atoms with Crippen LogP contribution in [0.2, 0.25) is 0 Å². The van der Waals surface area contributed by atoms with Crippen LogP contribution in [0.5, 0.6) is 28.7 Å². The number of phenols is 1. The van der Waals surface area contributed by atoms with E-state index in [0.29, 0.717) is 57.4 Å². The molecule has 2 fully saturated rings. The lowest BCUT2D eigenvalue weighted by atomic mass is 9.78. The molecule has 9 heterocycles. The molecule has 0 saturated carbocycles. The lowest BCUT2D eigenvalue weighted by Gasteiger charge is -2.60. The maximum Gasteiger partial charge on any atom is 0.333 e. The Kier molecular flexibility index (Phi) is 8.00. The summed E-state index contributed by atoms with van der Waals surface area (Å²) in [6.45, 7) is 4.80. The highest BCUT2D eigenvalue weighted by Crippen LogP contribution is 2.65. The van der Waals surface area contributed by atoms with Crippen LogP contribution in [0.15, 0.2) is 30.3 Å². The Morgan fingerprint density at radius 1 is 1.11 bits per heavy atom. The molecule has 12 rings (SSSR count). The maximum atomic E-state index is 15.0. The highest BCUT2D eigenvalue weighted by Gasteiger charge is 2.64. The Hall–Kier alpha value is -4.51.